The maximum Gasteiger partial charge on any atom is 0.0587 e. The minimum atomic E-state index is 0.500. The first-order valence-electron chi connectivity index (χ1n) is 6.03. The predicted molar refractivity (Wildman–Crippen MR) is 69.9 cm³/mol. The van der Waals surface area contributed by atoms with E-state index in [2.05, 4.69) is 41.3 Å². The Morgan fingerprint density at radius 2 is 2.12 bits per heavy atom. The molecule has 4 heteroatoms. The number of ether oxygens (including phenoxy) is 1. The zero-order valence-corrected chi connectivity index (χ0v) is 11.0. The number of aromatic nitrogens is 1. The minimum absolute atomic E-state index is 0.500. The molecule has 0 radical (unpaired) electrons. The van der Waals surface area contributed by atoms with Gasteiger partial charge in [-0.05, 0) is 31.7 Å². The summed E-state index contributed by atoms with van der Waals surface area (Å²) in [5.41, 5.74) is 1.30. The second kappa shape index (κ2) is 8.17. The molecule has 1 aromatic rings. The van der Waals surface area contributed by atoms with Crippen LogP contribution in [0.15, 0.2) is 24.5 Å². The van der Waals surface area contributed by atoms with Crippen LogP contribution < -0.4 is 5.32 Å². The van der Waals surface area contributed by atoms with Gasteiger partial charge in [-0.15, -0.1) is 0 Å². The standard InChI is InChI=1S/C13H23N3O/c1-12(10-15-8-9-17-3)16(2)11-13-4-6-14-7-5-13/h4-7,12,15H,8-11H2,1-3H3. The van der Waals surface area contributed by atoms with Crippen molar-refractivity contribution in [2.45, 2.75) is 19.5 Å². The van der Waals surface area contributed by atoms with E-state index < -0.39 is 0 Å². The Balaban J connectivity index is 2.24. The van der Waals surface area contributed by atoms with Crippen LogP contribution in [0.3, 0.4) is 0 Å². The van der Waals surface area contributed by atoms with Gasteiger partial charge in [0.1, 0.15) is 0 Å². The molecule has 17 heavy (non-hydrogen) atoms. The van der Waals surface area contributed by atoms with E-state index in [4.69, 9.17) is 4.74 Å². The van der Waals surface area contributed by atoms with Crippen molar-refractivity contribution in [3.8, 4) is 0 Å². The van der Waals surface area contributed by atoms with E-state index in [1.165, 1.54) is 5.56 Å². The third kappa shape index (κ3) is 5.77. The lowest BCUT2D eigenvalue weighted by Gasteiger charge is -2.25. The van der Waals surface area contributed by atoms with Gasteiger partial charge < -0.3 is 10.1 Å². The highest BCUT2D eigenvalue weighted by atomic mass is 16.5. The van der Waals surface area contributed by atoms with E-state index in [0.29, 0.717) is 6.04 Å². The van der Waals surface area contributed by atoms with Gasteiger partial charge in [0.05, 0.1) is 6.61 Å². The topological polar surface area (TPSA) is 37.4 Å². The van der Waals surface area contributed by atoms with Gasteiger partial charge in [0.15, 0.2) is 0 Å². The van der Waals surface area contributed by atoms with Gasteiger partial charge in [-0.1, -0.05) is 0 Å². The fourth-order valence-corrected chi connectivity index (χ4v) is 1.57. The lowest BCUT2D eigenvalue weighted by Crippen LogP contribution is -2.38. The molecule has 1 atom stereocenters. The molecule has 1 aromatic heterocycles. The summed E-state index contributed by atoms with van der Waals surface area (Å²) < 4.78 is 5.00. The van der Waals surface area contributed by atoms with E-state index in [9.17, 15) is 0 Å². The Labute approximate surface area is 104 Å². The first kappa shape index (κ1) is 14.1. The monoisotopic (exact) mass is 237 g/mol. The van der Waals surface area contributed by atoms with E-state index >= 15 is 0 Å². The van der Waals surface area contributed by atoms with Gasteiger partial charge in [0.2, 0.25) is 0 Å². The molecule has 1 heterocycles. The number of nitrogens with one attached hydrogen (secondary N) is 1. The molecule has 0 saturated heterocycles. The van der Waals surface area contributed by atoms with E-state index in [1.807, 2.05) is 12.4 Å². The fraction of sp³-hybridized carbons (Fsp3) is 0.615. The molecule has 0 aromatic carbocycles. The summed E-state index contributed by atoms with van der Waals surface area (Å²) in [6.07, 6.45) is 3.68. The Bertz CT molecular complexity index is 292. The molecule has 0 saturated carbocycles. The summed E-state index contributed by atoms with van der Waals surface area (Å²) in [7, 11) is 3.86. The molecule has 1 N–H and O–H groups in total. The fourth-order valence-electron chi connectivity index (χ4n) is 1.57. The number of methoxy groups -OCH3 is 1. The largest absolute Gasteiger partial charge is 0.383 e. The third-order valence-corrected chi connectivity index (χ3v) is 2.86. The second-order valence-electron chi connectivity index (χ2n) is 4.32. The number of hydrogen-bond donors (Lipinski definition) is 1. The molecule has 0 aliphatic rings. The molecule has 96 valence electrons. The van der Waals surface area contributed by atoms with Crippen LogP contribution in [-0.4, -0.2) is 49.8 Å². The zero-order valence-electron chi connectivity index (χ0n) is 11.0. The first-order chi connectivity index (χ1) is 8.24. The van der Waals surface area contributed by atoms with Gasteiger partial charge in [0, 0.05) is 45.2 Å². The van der Waals surface area contributed by atoms with Gasteiger partial charge >= 0.3 is 0 Å². The van der Waals surface area contributed by atoms with Crippen molar-refractivity contribution in [3.05, 3.63) is 30.1 Å². The smallest absolute Gasteiger partial charge is 0.0587 e. The summed E-state index contributed by atoms with van der Waals surface area (Å²) in [6, 6.07) is 4.61. The molecule has 0 aliphatic carbocycles. The lowest BCUT2D eigenvalue weighted by molar-refractivity contribution is 0.191. The van der Waals surface area contributed by atoms with Crippen LogP contribution in [0.5, 0.6) is 0 Å². The van der Waals surface area contributed by atoms with E-state index in [0.717, 1.165) is 26.2 Å². The average molecular weight is 237 g/mol. The molecule has 0 spiro atoms. The maximum absolute atomic E-state index is 5.00. The third-order valence-electron chi connectivity index (χ3n) is 2.86. The van der Waals surface area contributed by atoms with Crippen molar-refractivity contribution in [1.29, 1.82) is 0 Å². The van der Waals surface area contributed by atoms with Crippen molar-refractivity contribution in [3.63, 3.8) is 0 Å². The van der Waals surface area contributed by atoms with Crippen molar-refractivity contribution in [1.82, 2.24) is 15.2 Å². The molecular weight excluding hydrogens is 214 g/mol. The van der Waals surface area contributed by atoms with Gasteiger partial charge in [-0.25, -0.2) is 0 Å². The summed E-state index contributed by atoms with van der Waals surface area (Å²) in [5, 5.41) is 3.37. The van der Waals surface area contributed by atoms with E-state index in [-0.39, 0.29) is 0 Å². The van der Waals surface area contributed by atoms with E-state index in [1.54, 1.807) is 7.11 Å². The highest BCUT2D eigenvalue weighted by molar-refractivity contribution is 5.09. The number of likely N-dealkylation sites (N-methyl/N-ethyl adjacent to an activating group) is 1. The Morgan fingerprint density at radius 1 is 1.41 bits per heavy atom. The SMILES string of the molecule is COCCNCC(C)N(C)Cc1ccncc1. The highest BCUT2D eigenvalue weighted by Crippen LogP contribution is 2.04. The molecule has 0 fully saturated rings. The van der Waals surface area contributed by atoms with Crippen LogP contribution in [-0.2, 0) is 11.3 Å². The van der Waals surface area contributed by atoms with Crippen LogP contribution >= 0.6 is 0 Å². The lowest BCUT2D eigenvalue weighted by atomic mass is 10.2. The number of hydrogen-bond acceptors (Lipinski definition) is 4. The van der Waals surface area contributed by atoms with Crippen molar-refractivity contribution < 1.29 is 4.74 Å². The van der Waals surface area contributed by atoms with Crippen LogP contribution in [0.4, 0.5) is 0 Å². The molecular formula is C13H23N3O. The van der Waals surface area contributed by atoms with Gasteiger partial charge in [0.25, 0.3) is 0 Å². The molecule has 0 aliphatic heterocycles. The minimum Gasteiger partial charge on any atom is -0.383 e. The molecule has 1 rings (SSSR count). The Hall–Kier alpha value is -0.970. The van der Waals surface area contributed by atoms with Crippen LogP contribution in [0, 0.1) is 0 Å². The Morgan fingerprint density at radius 3 is 2.76 bits per heavy atom. The number of pyridine rings is 1. The highest BCUT2D eigenvalue weighted by Gasteiger charge is 2.08. The molecule has 1 unspecified atom stereocenters. The molecule has 0 bridgehead atoms. The van der Waals surface area contributed by atoms with Gasteiger partial charge in [-0.3, -0.25) is 9.88 Å². The van der Waals surface area contributed by atoms with Gasteiger partial charge in [-0.2, -0.15) is 0 Å². The van der Waals surface area contributed by atoms with Crippen LogP contribution in [0.25, 0.3) is 0 Å². The summed E-state index contributed by atoms with van der Waals surface area (Å²) in [5.74, 6) is 0. The summed E-state index contributed by atoms with van der Waals surface area (Å²) in [6.45, 7) is 5.83. The molecule has 4 nitrogen and oxygen atoms in total. The van der Waals surface area contributed by atoms with Crippen molar-refractivity contribution in [2.75, 3.05) is 33.9 Å². The summed E-state index contributed by atoms with van der Waals surface area (Å²) in [4.78, 5) is 6.35. The normalized spacial score (nSPS) is 12.9. The predicted octanol–water partition coefficient (Wildman–Crippen LogP) is 1.14. The van der Waals surface area contributed by atoms with Crippen LogP contribution in [0.1, 0.15) is 12.5 Å². The first-order valence-corrected chi connectivity index (χ1v) is 6.03. The van der Waals surface area contributed by atoms with Crippen molar-refractivity contribution in [2.24, 2.45) is 0 Å². The Kier molecular flexibility index (Phi) is 6.77. The molecule has 0 amide bonds. The second-order valence-corrected chi connectivity index (χ2v) is 4.32. The van der Waals surface area contributed by atoms with Crippen LogP contribution in [0.2, 0.25) is 0 Å². The van der Waals surface area contributed by atoms with Crippen molar-refractivity contribution >= 4 is 0 Å². The summed E-state index contributed by atoms with van der Waals surface area (Å²) >= 11 is 0. The zero-order chi connectivity index (χ0) is 12.5. The maximum atomic E-state index is 5.00. The number of rotatable bonds is 8. The quantitative estimate of drug-likeness (QED) is 0.688. The average Bonchev–Trinajstić information content (AvgIpc) is 2.35. The number of nitrogens with zero attached hydrogens (tertiary/aromatic N) is 2.